The van der Waals surface area contributed by atoms with E-state index in [1.807, 2.05) is 13.8 Å². The van der Waals surface area contributed by atoms with E-state index >= 15 is 0 Å². The first-order valence-corrected chi connectivity index (χ1v) is 10.6. The van der Waals surface area contributed by atoms with Crippen LogP contribution in [0.5, 0.6) is 17.4 Å². The maximum absolute atomic E-state index is 13.4. The van der Waals surface area contributed by atoms with E-state index < -0.39 is 11.6 Å². The summed E-state index contributed by atoms with van der Waals surface area (Å²) in [5, 5.41) is 16.6. The van der Waals surface area contributed by atoms with E-state index in [1.54, 1.807) is 47.3 Å². The van der Waals surface area contributed by atoms with Crippen molar-refractivity contribution in [3.63, 3.8) is 0 Å². The van der Waals surface area contributed by atoms with Gasteiger partial charge in [-0.25, -0.2) is 13.5 Å². The summed E-state index contributed by atoms with van der Waals surface area (Å²) in [6.07, 6.45) is 1.61. The quantitative estimate of drug-likeness (QED) is 0.318. The van der Waals surface area contributed by atoms with E-state index in [-0.39, 0.29) is 5.75 Å². The van der Waals surface area contributed by atoms with Crippen LogP contribution in [0.2, 0.25) is 0 Å². The van der Waals surface area contributed by atoms with Crippen LogP contribution in [0.3, 0.4) is 0 Å². The molecule has 0 N–H and O–H groups in total. The van der Waals surface area contributed by atoms with Gasteiger partial charge in [-0.1, -0.05) is 5.16 Å². The van der Waals surface area contributed by atoms with Crippen molar-refractivity contribution in [2.75, 3.05) is 6.61 Å². The molecule has 0 amide bonds. The molecule has 3 heterocycles. The lowest BCUT2D eigenvalue weighted by atomic mass is 10.2. The highest BCUT2D eigenvalue weighted by atomic mass is 19.2. The summed E-state index contributed by atoms with van der Waals surface area (Å²) in [5.74, 6) is 0.329. The maximum Gasteiger partial charge on any atom is 0.261 e. The Kier molecular flexibility index (Phi) is 5.88. The molecule has 0 bridgehead atoms. The van der Waals surface area contributed by atoms with Crippen LogP contribution in [0.15, 0.2) is 65.3 Å². The van der Waals surface area contributed by atoms with Gasteiger partial charge in [0, 0.05) is 17.7 Å². The van der Waals surface area contributed by atoms with Crippen molar-refractivity contribution < 1.29 is 22.8 Å². The van der Waals surface area contributed by atoms with E-state index in [0.29, 0.717) is 46.9 Å². The summed E-state index contributed by atoms with van der Waals surface area (Å²) in [4.78, 5) is 4.47. The standard InChI is InChI=1S/C24H18F2N6O3/c1-3-33-22-11-10-21(29-30-22)32-14(2)18(13-27-32)24-28-23(31-35-24)15-4-6-16(7-5-15)34-17-8-9-19(25)20(26)12-17/h4-13H,3H2,1-2H3. The topological polar surface area (TPSA) is 101 Å². The molecule has 0 aliphatic heterocycles. The summed E-state index contributed by atoms with van der Waals surface area (Å²) in [7, 11) is 0. The molecule has 0 aliphatic carbocycles. The molecule has 0 spiro atoms. The van der Waals surface area contributed by atoms with Crippen LogP contribution in [-0.4, -0.2) is 36.7 Å². The van der Waals surface area contributed by atoms with Gasteiger partial charge in [0.25, 0.3) is 5.89 Å². The van der Waals surface area contributed by atoms with Gasteiger partial charge in [0.05, 0.1) is 24.1 Å². The monoisotopic (exact) mass is 476 g/mol. The molecule has 11 heteroatoms. The normalized spacial score (nSPS) is 11.0. The highest BCUT2D eigenvalue weighted by molar-refractivity contribution is 5.62. The molecule has 9 nitrogen and oxygen atoms in total. The van der Waals surface area contributed by atoms with Crippen LogP contribution >= 0.6 is 0 Å². The van der Waals surface area contributed by atoms with Crippen molar-refractivity contribution >= 4 is 0 Å². The average Bonchev–Trinajstić information content (AvgIpc) is 3.50. The Morgan fingerprint density at radius 2 is 1.74 bits per heavy atom. The van der Waals surface area contributed by atoms with Crippen molar-refractivity contribution in [3.05, 3.63) is 78.1 Å². The Morgan fingerprint density at radius 3 is 2.46 bits per heavy atom. The molecule has 3 aromatic heterocycles. The number of nitrogens with zero attached hydrogens (tertiary/aromatic N) is 6. The zero-order valence-electron chi connectivity index (χ0n) is 18.6. The first kappa shape index (κ1) is 22.1. The molecule has 5 aromatic rings. The van der Waals surface area contributed by atoms with Crippen LogP contribution in [0, 0.1) is 18.6 Å². The fraction of sp³-hybridized carbons (Fsp3) is 0.125. The number of hydrogen-bond acceptors (Lipinski definition) is 8. The zero-order valence-corrected chi connectivity index (χ0v) is 18.6. The van der Waals surface area contributed by atoms with Crippen molar-refractivity contribution in [3.8, 4) is 46.0 Å². The summed E-state index contributed by atoms with van der Waals surface area (Å²) in [5.41, 5.74) is 2.08. The van der Waals surface area contributed by atoms with E-state index in [1.165, 1.54) is 6.07 Å². The third-order valence-corrected chi connectivity index (χ3v) is 5.04. The number of halogens is 2. The van der Waals surface area contributed by atoms with Crippen molar-refractivity contribution in [2.45, 2.75) is 13.8 Å². The van der Waals surface area contributed by atoms with Crippen LogP contribution in [0.1, 0.15) is 12.6 Å². The Labute approximate surface area is 198 Å². The fourth-order valence-electron chi connectivity index (χ4n) is 3.30. The number of benzene rings is 2. The van der Waals surface area contributed by atoms with Crippen molar-refractivity contribution in [1.29, 1.82) is 0 Å². The number of hydrogen-bond donors (Lipinski definition) is 0. The van der Waals surface area contributed by atoms with Crippen LogP contribution in [-0.2, 0) is 0 Å². The third-order valence-electron chi connectivity index (χ3n) is 5.04. The summed E-state index contributed by atoms with van der Waals surface area (Å²) >= 11 is 0. The molecule has 0 unspecified atom stereocenters. The van der Waals surface area contributed by atoms with Gasteiger partial charge >= 0.3 is 0 Å². The lowest BCUT2D eigenvalue weighted by molar-refractivity contribution is 0.322. The second-order valence-electron chi connectivity index (χ2n) is 7.34. The SMILES string of the molecule is CCOc1ccc(-n2ncc(-c3nc(-c4ccc(Oc5ccc(F)c(F)c5)cc4)no3)c2C)nn1. The molecule has 176 valence electrons. The third kappa shape index (κ3) is 4.56. The highest BCUT2D eigenvalue weighted by Gasteiger charge is 2.18. The molecular weight excluding hydrogens is 458 g/mol. The largest absolute Gasteiger partial charge is 0.477 e. The highest BCUT2D eigenvalue weighted by Crippen LogP contribution is 2.28. The zero-order chi connectivity index (χ0) is 24.4. The molecule has 35 heavy (non-hydrogen) atoms. The van der Waals surface area contributed by atoms with Gasteiger partial charge in [-0.15, -0.1) is 10.2 Å². The van der Waals surface area contributed by atoms with Gasteiger partial charge in [0.15, 0.2) is 17.5 Å². The van der Waals surface area contributed by atoms with Gasteiger partial charge in [-0.2, -0.15) is 10.1 Å². The van der Waals surface area contributed by atoms with Gasteiger partial charge in [-0.05, 0) is 56.3 Å². The Balaban J connectivity index is 1.33. The summed E-state index contributed by atoms with van der Waals surface area (Å²) in [6, 6.07) is 13.6. The Hall–Kier alpha value is -4.67. The predicted octanol–water partition coefficient (Wildman–Crippen LogP) is 5.16. The summed E-state index contributed by atoms with van der Waals surface area (Å²) < 4.78 is 44.4. The van der Waals surface area contributed by atoms with Crippen LogP contribution in [0.25, 0.3) is 28.7 Å². The summed E-state index contributed by atoms with van der Waals surface area (Å²) in [6.45, 7) is 4.23. The van der Waals surface area contributed by atoms with E-state index in [9.17, 15) is 8.78 Å². The van der Waals surface area contributed by atoms with Crippen molar-refractivity contribution in [1.82, 2.24) is 30.1 Å². The maximum atomic E-state index is 13.4. The molecule has 5 rings (SSSR count). The predicted molar refractivity (Wildman–Crippen MR) is 120 cm³/mol. The minimum atomic E-state index is -0.980. The lowest BCUT2D eigenvalue weighted by Gasteiger charge is -2.06. The van der Waals surface area contributed by atoms with Crippen molar-refractivity contribution in [2.24, 2.45) is 0 Å². The Bertz CT molecular complexity index is 1470. The number of ether oxygens (including phenoxy) is 2. The molecule has 0 saturated heterocycles. The van der Waals surface area contributed by atoms with Gasteiger partial charge in [0.1, 0.15) is 11.5 Å². The molecule has 0 radical (unpaired) electrons. The van der Waals surface area contributed by atoms with Gasteiger partial charge in [-0.3, -0.25) is 0 Å². The smallest absolute Gasteiger partial charge is 0.261 e. The van der Waals surface area contributed by atoms with E-state index in [4.69, 9.17) is 14.0 Å². The van der Waals surface area contributed by atoms with E-state index in [2.05, 4.69) is 25.4 Å². The molecule has 0 saturated carbocycles. The first-order valence-electron chi connectivity index (χ1n) is 10.6. The lowest BCUT2D eigenvalue weighted by Crippen LogP contribution is -2.04. The molecular formula is C24H18F2N6O3. The Morgan fingerprint density at radius 1 is 0.943 bits per heavy atom. The average molecular weight is 476 g/mol. The van der Waals surface area contributed by atoms with Crippen LogP contribution in [0.4, 0.5) is 8.78 Å². The second kappa shape index (κ2) is 9.29. The van der Waals surface area contributed by atoms with Gasteiger partial charge in [0.2, 0.25) is 11.7 Å². The molecule has 0 aliphatic rings. The van der Waals surface area contributed by atoms with E-state index in [0.717, 1.165) is 17.8 Å². The molecule has 2 aromatic carbocycles. The number of rotatable bonds is 7. The number of aromatic nitrogens is 6. The minimum Gasteiger partial charge on any atom is -0.477 e. The molecule has 0 fully saturated rings. The first-order chi connectivity index (χ1) is 17.0. The second-order valence-corrected chi connectivity index (χ2v) is 7.34. The van der Waals surface area contributed by atoms with Gasteiger partial charge < -0.3 is 14.0 Å². The molecule has 0 atom stereocenters. The van der Waals surface area contributed by atoms with Crippen LogP contribution < -0.4 is 9.47 Å². The fourth-order valence-corrected chi connectivity index (χ4v) is 3.30. The minimum absolute atomic E-state index is 0.184.